The third-order valence-corrected chi connectivity index (χ3v) is 6.89. The Morgan fingerprint density at radius 1 is 1.03 bits per heavy atom. The van der Waals surface area contributed by atoms with Crippen molar-refractivity contribution in [2.75, 3.05) is 51.8 Å². The summed E-state index contributed by atoms with van der Waals surface area (Å²) in [5.41, 5.74) is 4.10. The van der Waals surface area contributed by atoms with E-state index in [1.165, 1.54) is 10.9 Å². The van der Waals surface area contributed by atoms with Gasteiger partial charge in [-0.3, -0.25) is 4.90 Å². The van der Waals surface area contributed by atoms with E-state index in [0.29, 0.717) is 5.58 Å². The second-order valence-electron chi connectivity index (χ2n) is 8.99. The number of piperazine rings is 1. The van der Waals surface area contributed by atoms with Crippen molar-refractivity contribution in [3.8, 4) is 11.5 Å². The lowest BCUT2D eigenvalue weighted by Gasteiger charge is -2.36. The molecule has 0 spiro atoms. The molecule has 8 nitrogen and oxygen atoms in total. The summed E-state index contributed by atoms with van der Waals surface area (Å²) in [6, 6.07) is 11.5. The number of methoxy groups -OCH3 is 2. The van der Waals surface area contributed by atoms with Gasteiger partial charge in [-0.05, 0) is 61.7 Å². The van der Waals surface area contributed by atoms with Crippen LogP contribution in [-0.4, -0.2) is 67.9 Å². The largest absolute Gasteiger partial charge is 0.493 e. The number of rotatable bonds is 9. The van der Waals surface area contributed by atoms with Gasteiger partial charge in [0.25, 0.3) is 0 Å². The molecule has 0 amide bonds. The molecule has 0 radical (unpaired) electrons. The van der Waals surface area contributed by atoms with Crippen molar-refractivity contribution in [2.45, 2.75) is 19.3 Å². The molecule has 2 aromatic heterocycles. The predicted octanol–water partition coefficient (Wildman–Crippen LogP) is 4.77. The molecule has 4 aromatic rings. The maximum absolute atomic E-state index is 11.2. The van der Waals surface area contributed by atoms with E-state index in [4.69, 9.17) is 19.0 Å². The number of ether oxygens (including phenoxy) is 2. The maximum Gasteiger partial charge on any atom is 0.371 e. The number of nitrogens with zero attached hydrogens (tertiary/aromatic N) is 2. The molecule has 1 saturated heterocycles. The highest BCUT2D eigenvalue weighted by Gasteiger charge is 2.18. The summed E-state index contributed by atoms with van der Waals surface area (Å²) in [6.07, 6.45) is 5.40. The van der Waals surface area contributed by atoms with Gasteiger partial charge < -0.3 is 28.9 Å². The minimum Gasteiger partial charge on any atom is -0.493 e. The third kappa shape index (κ3) is 4.79. The van der Waals surface area contributed by atoms with Crippen molar-refractivity contribution in [1.29, 1.82) is 0 Å². The highest BCUT2D eigenvalue weighted by Crippen LogP contribution is 2.34. The summed E-state index contributed by atoms with van der Waals surface area (Å²) in [7, 11) is 3.32. The lowest BCUT2D eigenvalue weighted by atomic mass is 10.1. The standard InChI is InChI=1S/C27H31N3O5/c1-33-24-15-21-18(17-28-22(21)16-25(24)34-2)5-3-4-8-29-9-11-30(12-10-29)20-6-7-23-19(13-20)14-26(35-23)27(31)32/h6-7,13-17,28H,3-5,8-12H2,1-2H3,(H,31,32). The molecule has 0 saturated carbocycles. The number of carboxylic acid groups (broad SMARTS) is 1. The number of nitrogens with one attached hydrogen (secondary N) is 1. The van der Waals surface area contributed by atoms with Gasteiger partial charge in [-0.2, -0.15) is 0 Å². The topological polar surface area (TPSA) is 91.2 Å². The Morgan fingerprint density at radius 2 is 1.80 bits per heavy atom. The van der Waals surface area contributed by atoms with Gasteiger partial charge >= 0.3 is 5.97 Å². The van der Waals surface area contributed by atoms with Gasteiger partial charge in [0.15, 0.2) is 11.5 Å². The van der Waals surface area contributed by atoms with Crippen LogP contribution in [-0.2, 0) is 6.42 Å². The van der Waals surface area contributed by atoms with E-state index in [2.05, 4.69) is 27.0 Å². The first-order valence-electron chi connectivity index (χ1n) is 12.0. The Balaban J connectivity index is 1.11. The number of hydrogen-bond acceptors (Lipinski definition) is 6. The molecule has 0 atom stereocenters. The molecule has 1 fully saturated rings. The summed E-state index contributed by atoms with van der Waals surface area (Å²) >= 11 is 0. The molecule has 1 aliphatic heterocycles. The normalized spacial score (nSPS) is 14.6. The van der Waals surface area contributed by atoms with Gasteiger partial charge in [0.1, 0.15) is 5.58 Å². The van der Waals surface area contributed by atoms with Crippen LogP contribution in [0.5, 0.6) is 11.5 Å². The van der Waals surface area contributed by atoms with E-state index in [0.717, 1.165) is 80.1 Å². The van der Waals surface area contributed by atoms with Crippen molar-refractivity contribution in [2.24, 2.45) is 0 Å². The van der Waals surface area contributed by atoms with Crippen molar-refractivity contribution >= 4 is 33.5 Å². The van der Waals surface area contributed by atoms with Crippen LogP contribution in [0, 0.1) is 0 Å². The Kier molecular flexibility index (Phi) is 6.55. The highest BCUT2D eigenvalue weighted by atomic mass is 16.5. The zero-order valence-corrected chi connectivity index (χ0v) is 20.2. The van der Waals surface area contributed by atoms with Crippen molar-refractivity contribution in [3.05, 3.63) is 53.9 Å². The average Bonchev–Trinajstić information content (AvgIpc) is 3.49. The number of fused-ring (bicyclic) bond motifs is 2. The molecular formula is C27H31N3O5. The number of aromatic carboxylic acids is 1. The molecular weight excluding hydrogens is 446 g/mol. The van der Waals surface area contributed by atoms with E-state index in [1.54, 1.807) is 20.3 Å². The van der Waals surface area contributed by atoms with Crippen LogP contribution >= 0.6 is 0 Å². The lowest BCUT2D eigenvalue weighted by Crippen LogP contribution is -2.46. The molecule has 35 heavy (non-hydrogen) atoms. The first-order chi connectivity index (χ1) is 17.1. The number of aromatic amines is 1. The van der Waals surface area contributed by atoms with Gasteiger partial charge in [-0.25, -0.2) is 4.79 Å². The van der Waals surface area contributed by atoms with Crippen LogP contribution in [0.3, 0.4) is 0 Å². The number of aromatic nitrogens is 1. The Morgan fingerprint density at radius 3 is 2.54 bits per heavy atom. The Bertz CT molecular complexity index is 1330. The van der Waals surface area contributed by atoms with Crippen molar-refractivity contribution < 1.29 is 23.8 Å². The van der Waals surface area contributed by atoms with Gasteiger partial charge in [-0.1, -0.05) is 0 Å². The summed E-state index contributed by atoms with van der Waals surface area (Å²) in [4.78, 5) is 19.4. The minimum atomic E-state index is -1.04. The van der Waals surface area contributed by atoms with E-state index < -0.39 is 5.97 Å². The fraction of sp³-hybridized carbons (Fsp3) is 0.370. The number of carbonyl (C=O) groups is 1. The zero-order chi connectivity index (χ0) is 24.4. The van der Waals surface area contributed by atoms with E-state index >= 15 is 0 Å². The van der Waals surface area contributed by atoms with Crippen LogP contribution in [0.4, 0.5) is 5.69 Å². The minimum absolute atomic E-state index is 0.0199. The number of anilines is 1. The molecule has 184 valence electrons. The molecule has 2 N–H and O–H groups in total. The van der Waals surface area contributed by atoms with Crippen LogP contribution in [0.15, 0.2) is 47.0 Å². The van der Waals surface area contributed by atoms with E-state index in [1.807, 2.05) is 24.3 Å². The first-order valence-corrected chi connectivity index (χ1v) is 12.0. The quantitative estimate of drug-likeness (QED) is 0.336. The molecule has 1 aliphatic rings. The number of H-pyrrole nitrogens is 1. The van der Waals surface area contributed by atoms with Crippen molar-refractivity contribution in [1.82, 2.24) is 9.88 Å². The van der Waals surface area contributed by atoms with Crippen LogP contribution in [0.2, 0.25) is 0 Å². The summed E-state index contributed by atoms with van der Waals surface area (Å²) in [5.74, 6) is 0.435. The Labute approximate surface area is 204 Å². The molecule has 0 unspecified atom stereocenters. The molecule has 5 rings (SSSR count). The van der Waals surface area contributed by atoms with Crippen LogP contribution < -0.4 is 14.4 Å². The van der Waals surface area contributed by atoms with Crippen LogP contribution in [0.25, 0.3) is 21.9 Å². The predicted molar refractivity (Wildman–Crippen MR) is 136 cm³/mol. The monoisotopic (exact) mass is 477 g/mol. The number of furan rings is 1. The Hall–Kier alpha value is -3.65. The van der Waals surface area contributed by atoms with Crippen LogP contribution in [0.1, 0.15) is 29.0 Å². The first kappa shape index (κ1) is 23.1. The number of aryl methyl sites for hydroxylation is 1. The number of unbranched alkanes of at least 4 members (excludes halogenated alkanes) is 1. The van der Waals surface area contributed by atoms with Gasteiger partial charge in [0.05, 0.1) is 14.2 Å². The van der Waals surface area contributed by atoms with Gasteiger partial charge in [0.2, 0.25) is 5.76 Å². The van der Waals surface area contributed by atoms with E-state index in [-0.39, 0.29) is 5.76 Å². The smallest absolute Gasteiger partial charge is 0.371 e. The summed E-state index contributed by atoms with van der Waals surface area (Å²) in [6.45, 7) is 5.05. The fourth-order valence-electron chi connectivity index (χ4n) is 4.93. The summed E-state index contributed by atoms with van der Waals surface area (Å²) in [5, 5.41) is 11.2. The molecule has 3 heterocycles. The number of hydrogen-bond donors (Lipinski definition) is 2. The zero-order valence-electron chi connectivity index (χ0n) is 20.2. The second-order valence-corrected chi connectivity index (χ2v) is 8.99. The van der Waals surface area contributed by atoms with Gasteiger partial charge in [-0.15, -0.1) is 0 Å². The SMILES string of the molecule is COc1cc2[nH]cc(CCCCN3CCN(c4ccc5oc(C(=O)O)cc5c4)CC3)c2cc1OC. The second kappa shape index (κ2) is 9.92. The molecule has 8 heteroatoms. The number of carboxylic acids is 1. The van der Waals surface area contributed by atoms with E-state index in [9.17, 15) is 4.79 Å². The molecule has 0 aliphatic carbocycles. The van der Waals surface area contributed by atoms with Gasteiger partial charge in [0, 0.05) is 60.4 Å². The number of benzene rings is 2. The average molecular weight is 478 g/mol. The summed E-state index contributed by atoms with van der Waals surface area (Å²) < 4.78 is 16.2. The van der Waals surface area contributed by atoms with Crippen molar-refractivity contribution in [3.63, 3.8) is 0 Å². The highest BCUT2D eigenvalue weighted by molar-refractivity contribution is 5.92. The third-order valence-electron chi connectivity index (χ3n) is 6.89. The maximum atomic E-state index is 11.2. The molecule has 2 aromatic carbocycles. The lowest BCUT2D eigenvalue weighted by molar-refractivity contribution is 0.0665. The molecule has 0 bridgehead atoms. The fourth-order valence-corrected chi connectivity index (χ4v) is 4.93.